The van der Waals surface area contributed by atoms with Gasteiger partial charge in [0.25, 0.3) is 0 Å². The summed E-state index contributed by atoms with van der Waals surface area (Å²) in [5, 5.41) is 0. The summed E-state index contributed by atoms with van der Waals surface area (Å²) in [6.45, 7) is 1.40. The minimum absolute atomic E-state index is 0.142. The van der Waals surface area contributed by atoms with Gasteiger partial charge in [0.2, 0.25) is 0 Å². The second kappa shape index (κ2) is 7.11. The van der Waals surface area contributed by atoms with E-state index in [9.17, 15) is 13.2 Å². The highest BCUT2D eigenvalue weighted by Crippen LogP contribution is 2.27. The fourth-order valence-electron chi connectivity index (χ4n) is 2.05. The standard InChI is InChI=1S/C17H15F3O4/c18-17(19,20)24-15-7-3-13(4-8-15)12-1-5-14(6-2-12)23-11-21-9-16-10-22-16/h1-8,16H,9-11H2. The number of ether oxygens (including phenoxy) is 4. The molecule has 3 rings (SSSR count). The van der Waals surface area contributed by atoms with Crippen LogP contribution in [0.25, 0.3) is 11.1 Å². The molecule has 2 aromatic rings. The summed E-state index contributed by atoms with van der Waals surface area (Å²) in [6, 6.07) is 12.9. The van der Waals surface area contributed by atoms with Crippen molar-refractivity contribution in [1.29, 1.82) is 0 Å². The highest BCUT2D eigenvalue weighted by atomic mass is 19.4. The van der Waals surface area contributed by atoms with Crippen molar-refractivity contribution in [1.82, 2.24) is 0 Å². The third-order valence-electron chi connectivity index (χ3n) is 3.29. The van der Waals surface area contributed by atoms with Crippen LogP contribution in [-0.2, 0) is 9.47 Å². The number of hydrogen-bond acceptors (Lipinski definition) is 4. The van der Waals surface area contributed by atoms with Gasteiger partial charge in [0.1, 0.15) is 17.6 Å². The van der Waals surface area contributed by atoms with Crippen LogP contribution < -0.4 is 9.47 Å². The maximum Gasteiger partial charge on any atom is 0.573 e. The minimum atomic E-state index is -4.69. The van der Waals surface area contributed by atoms with Crippen molar-refractivity contribution in [3.8, 4) is 22.6 Å². The smallest absolute Gasteiger partial charge is 0.468 e. The number of rotatable bonds is 7. The van der Waals surface area contributed by atoms with Gasteiger partial charge in [-0.15, -0.1) is 13.2 Å². The fourth-order valence-corrected chi connectivity index (χ4v) is 2.05. The molecule has 0 saturated carbocycles. The maximum absolute atomic E-state index is 12.1. The molecule has 2 aromatic carbocycles. The molecule has 0 amide bonds. The van der Waals surface area contributed by atoms with E-state index in [1.54, 1.807) is 24.3 Å². The molecule has 0 aromatic heterocycles. The Labute approximate surface area is 136 Å². The Bertz CT molecular complexity index is 649. The maximum atomic E-state index is 12.1. The average Bonchev–Trinajstić information content (AvgIpc) is 3.36. The van der Waals surface area contributed by atoms with Crippen LogP contribution in [0.3, 0.4) is 0 Å². The van der Waals surface area contributed by atoms with Gasteiger partial charge in [-0.3, -0.25) is 0 Å². The summed E-state index contributed by atoms with van der Waals surface area (Å²) in [5.74, 6) is 0.399. The van der Waals surface area contributed by atoms with Crippen molar-refractivity contribution in [2.75, 3.05) is 20.0 Å². The number of hydrogen-bond donors (Lipinski definition) is 0. The highest BCUT2D eigenvalue weighted by molar-refractivity contribution is 5.64. The lowest BCUT2D eigenvalue weighted by Gasteiger charge is -2.10. The van der Waals surface area contributed by atoms with Crippen LogP contribution in [0.5, 0.6) is 11.5 Å². The Morgan fingerprint density at radius 2 is 1.46 bits per heavy atom. The molecular formula is C17H15F3O4. The van der Waals surface area contributed by atoms with E-state index >= 15 is 0 Å². The largest absolute Gasteiger partial charge is 0.573 e. The zero-order chi connectivity index (χ0) is 17.0. The topological polar surface area (TPSA) is 40.2 Å². The number of alkyl halides is 3. The Morgan fingerprint density at radius 1 is 0.917 bits per heavy atom. The Kier molecular flexibility index (Phi) is 4.92. The monoisotopic (exact) mass is 340 g/mol. The molecule has 1 heterocycles. The number of benzene rings is 2. The molecule has 4 nitrogen and oxygen atoms in total. The lowest BCUT2D eigenvalue weighted by Crippen LogP contribution is -2.16. The van der Waals surface area contributed by atoms with E-state index in [4.69, 9.17) is 14.2 Å². The van der Waals surface area contributed by atoms with Gasteiger partial charge in [0.05, 0.1) is 13.2 Å². The second-order valence-corrected chi connectivity index (χ2v) is 5.18. The molecule has 0 N–H and O–H groups in total. The lowest BCUT2D eigenvalue weighted by atomic mass is 10.1. The summed E-state index contributed by atoms with van der Waals surface area (Å²) in [5.41, 5.74) is 1.63. The van der Waals surface area contributed by atoms with Crippen LogP contribution >= 0.6 is 0 Å². The van der Waals surface area contributed by atoms with E-state index in [1.165, 1.54) is 12.1 Å². The van der Waals surface area contributed by atoms with Gasteiger partial charge < -0.3 is 18.9 Å². The van der Waals surface area contributed by atoms with Crippen molar-refractivity contribution in [3.63, 3.8) is 0 Å². The molecule has 1 aliphatic heterocycles. The second-order valence-electron chi connectivity index (χ2n) is 5.18. The van der Waals surface area contributed by atoms with Crippen molar-refractivity contribution < 1.29 is 32.1 Å². The zero-order valence-electron chi connectivity index (χ0n) is 12.6. The summed E-state index contributed by atoms with van der Waals surface area (Å²) in [6.07, 6.45) is -4.49. The van der Waals surface area contributed by atoms with E-state index in [-0.39, 0.29) is 18.6 Å². The van der Waals surface area contributed by atoms with Gasteiger partial charge in [-0.1, -0.05) is 24.3 Å². The first-order valence-corrected chi connectivity index (χ1v) is 7.28. The molecule has 1 unspecified atom stereocenters. The normalized spacial score (nSPS) is 16.7. The van der Waals surface area contributed by atoms with Crippen LogP contribution in [-0.4, -0.2) is 32.5 Å². The minimum Gasteiger partial charge on any atom is -0.468 e. The van der Waals surface area contributed by atoms with Crippen LogP contribution in [0.2, 0.25) is 0 Å². The SMILES string of the molecule is FC(F)(F)Oc1ccc(-c2ccc(OCOCC3CO3)cc2)cc1. The summed E-state index contributed by atoms with van der Waals surface area (Å²) >= 11 is 0. The van der Waals surface area contributed by atoms with Gasteiger partial charge in [0, 0.05) is 0 Å². The quantitative estimate of drug-likeness (QED) is 0.434. The molecule has 1 atom stereocenters. The van der Waals surface area contributed by atoms with Crippen LogP contribution in [0, 0.1) is 0 Å². The molecule has 24 heavy (non-hydrogen) atoms. The van der Waals surface area contributed by atoms with Gasteiger partial charge in [-0.25, -0.2) is 0 Å². The van der Waals surface area contributed by atoms with Gasteiger partial charge in [-0.2, -0.15) is 0 Å². The van der Waals surface area contributed by atoms with E-state index in [2.05, 4.69) is 4.74 Å². The van der Waals surface area contributed by atoms with Crippen molar-refractivity contribution in [3.05, 3.63) is 48.5 Å². The van der Waals surface area contributed by atoms with Crippen LogP contribution in [0.15, 0.2) is 48.5 Å². The van der Waals surface area contributed by atoms with Gasteiger partial charge >= 0.3 is 6.36 Å². The zero-order valence-corrected chi connectivity index (χ0v) is 12.6. The molecule has 0 bridgehead atoms. The van der Waals surface area contributed by atoms with E-state index in [0.717, 1.165) is 17.7 Å². The highest BCUT2D eigenvalue weighted by Gasteiger charge is 2.30. The van der Waals surface area contributed by atoms with Crippen LogP contribution in [0.4, 0.5) is 13.2 Å². The van der Waals surface area contributed by atoms with Gasteiger partial charge in [0.15, 0.2) is 6.79 Å². The van der Waals surface area contributed by atoms with Crippen molar-refractivity contribution in [2.45, 2.75) is 12.5 Å². The number of epoxide rings is 1. The fraction of sp³-hybridized carbons (Fsp3) is 0.294. The summed E-state index contributed by atoms with van der Waals surface area (Å²) in [4.78, 5) is 0. The lowest BCUT2D eigenvalue weighted by molar-refractivity contribution is -0.274. The van der Waals surface area contributed by atoms with E-state index < -0.39 is 6.36 Å². The van der Waals surface area contributed by atoms with E-state index in [1.807, 2.05) is 12.1 Å². The van der Waals surface area contributed by atoms with Gasteiger partial charge in [-0.05, 0) is 35.4 Å². The first-order chi connectivity index (χ1) is 11.5. The molecule has 1 saturated heterocycles. The molecular weight excluding hydrogens is 325 g/mol. The predicted octanol–water partition coefficient (Wildman–Crippen LogP) is 4.00. The third-order valence-corrected chi connectivity index (χ3v) is 3.29. The van der Waals surface area contributed by atoms with Crippen molar-refractivity contribution >= 4 is 0 Å². The first kappa shape index (κ1) is 16.6. The van der Waals surface area contributed by atoms with E-state index in [0.29, 0.717) is 12.4 Å². The number of halogens is 3. The Hall–Kier alpha value is -2.25. The van der Waals surface area contributed by atoms with Crippen LogP contribution in [0.1, 0.15) is 0 Å². The molecule has 0 aliphatic carbocycles. The Balaban J connectivity index is 1.54. The third kappa shape index (κ3) is 5.14. The molecule has 7 heteroatoms. The first-order valence-electron chi connectivity index (χ1n) is 7.28. The molecule has 0 radical (unpaired) electrons. The predicted molar refractivity (Wildman–Crippen MR) is 79.7 cm³/mol. The molecule has 0 spiro atoms. The summed E-state index contributed by atoms with van der Waals surface area (Å²) in [7, 11) is 0. The Morgan fingerprint density at radius 3 is 1.96 bits per heavy atom. The molecule has 1 fully saturated rings. The summed E-state index contributed by atoms with van der Waals surface area (Å²) < 4.78 is 55.9. The molecule has 1 aliphatic rings. The van der Waals surface area contributed by atoms with Crippen molar-refractivity contribution in [2.24, 2.45) is 0 Å². The molecule has 128 valence electrons. The average molecular weight is 340 g/mol.